The van der Waals surface area contributed by atoms with Crippen LogP contribution in [0.1, 0.15) is 17.2 Å². The van der Waals surface area contributed by atoms with Crippen LogP contribution in [0, 0.1) is 11.6 Å². The van der Waals surface area contributed by atoms with Crippen LogP contribution in [0.3, 0.4) is 0 Å². The van der Waals surface area contributed by atoms with Crippen LogP contribution in [0.2, 0.25) is 0 Å². The second kappa shape index (κ2) is 6.23. The highest BCUT2D eigenvalue weighted by molar-refractivity contribution is 9.10. The molecule has 2 aromatic carbocycles. The SMILES string of the molecule is NNC(Cc1cccc(F)c1)c1ccc(F)cc1Br. The monoisotopic (exact) mass is 326 g/mol. The van der Waals surface area contributed by atoms with Crippen LogP contribution < -0.4 is 11.3 Å². The minimum atomic E-state index is -0.322. The molecule has 0 aliphatic carbocycles. The van der Waals surface area contributed by atoms with Gasteiger partial charge < -0.3 is 0 Å². The first kappa shape index (κ1) is 14.1. The first-order valence-electron chi connectivity index (χ1n) is 5.75. The van der Waals surface area contributed by atoms with Crippen molar-refractivity contribution >= 4 is 15.9 Å². The molecule has 0 aliphatic heterocycles. The van der Waals surface area contributed by atoms with Gasteiger partial charge in [-0.1, -0.05) is 34.1 Å². The van der Waals surface area contributed by atoms with Crippen molar-refractivity contribution in [2.75, 3.05) is 0 Å². The minimum absolute atomic E-state index is 0.225. The molecule has 0 amide bonds. The van der Waals surface area contributed by atoms with E-state index in [1.807, 2.05) is 6.07 Å². The topological polar surface area (TPSA) is 38.0 Å². The molecule has 2 nitrogen and oxygen atoms in total. The van der Waals surface area contributed by atoms with E-state index in [9.17, 15) is 8.78 Å². The number of halogens is 3. The van der Waals surface area contributed by atoms with Crippen molar-refractivity contribution in [3.05, 3.63) is 69.7 Å². The fourth-order valence-electron chi connectivity index (χ4n) is 1.94. The highest BCUT2D eigenvalue weighted by Gasteiger charge is 2.14. The normalized spacial score (nSPS) is 12.4. The maximum atomic E-state index is 13.1. The van der Waals surface area contributed by atoms with Crippen LogP contribution in [0.25, 0.3) is 0 Å². The summed E-state index contributed by atoms with van der Waals surface area (Å²) in [6.45, 7) is 0. The lowest BCUT2D eigenvalue weighted by Crippen LogP contribution is -2.29. The van der Waals surface area contributed by atoms with Crippen LogP contribution in [-0.4, -0.2) is 0 Å². The van der Waals surface area contributed by atoms with E-state index < -0.39 is 0 Å². The molecule has 2 rings (SSSR count). The zero-order chi connectivity index (χ0) is 13.8. The summed E-state index contributed by atoms with van der Waals surface area (Å²) in [7, 11) is 0. The van der Waals surface area contributed by atoms with Gasteiger partial charge in [0, 0.05) is 4.47 Å². The number of hydrogen-bond acceptors (Lipinski definition) is 2. The van der Waals surface area contributed by atoms with Gasteiger partial charge in [-0.2, -0.15) is 0 Å². The number of nitrogens with one attached hydrogen (secondary N) is 1. The van der Waals surface area contributed by atoms with Gasteiger partial charge in [0.2, 0.25) is 0 Å². The molecule has 0 aromatic heterocycles. The molecular formula is C14H13BrF2N2. The number of hydrazine groups is 1. The molecule has 0 heterocycles. The summed E-state index contributed by atoms with van der Waals surface area (Å²) < 4.78 is 26.8. The van der Waals surface area contributed by atoms with E-state index in [2.05, 4.69) is 21.4 Å². The van der Waals surface area contributed by atoms with Gasteiger partial charge in [0.25, 0.3) is 0 Å². The Morgan fingerprint density at radius 2 is 1.84 bits per heavy atom. The lowest BCUT2D eigenvalue weighted by atomic mass is 9.99. The van der Waals surface area contributed by atoms with E-state index in [0.29, 0.717) is 10.9 Å². The van der Waals surface area contributed by atoms with Crippen molar-refractivity contribution in [3.63, 3.8) is 0 Å². The molecular weight excluding hydrogens is 314 g/mol. The molecule has 0 saturated heterocycles. The van der Waals surface area contributed by atoms with Crippen LogP contribution in [0.15, 0.2) is 46.9 Å². The zero-order valence-electron chi connectivity index (χ0n) is 10.0. The summed E-state index contributed by atoms with van der Waals surface area (Å²) in [5.74, 6) is 4.93. The summed E-state index contributed by atoms with van der Waals surface area (Å²) >= 11 is 3.31. The summed E-state index contributed by atoms with van der Waals surface area (Å²) in [4.78, 5) is 0. The van der Waals surface area contributed by atoms with Gasteiger partial charge in [-0.05, 0) is 41.8 Å². The molecule has 0 fully saturated rings. The minimum Gasteiger partial charge on any atom is -0.271 e. The fourth-order valence-corrected chi connectivity index (χ4v) is 2.57. The Labute approximate surface area is 118 Å². The highest BCUT2D eigenvalue weighted by Crippen LogP contribution is 2.26. The maximum Gasteiger partial charge on any atom is 0.124 e. The molecule has 19 heavy (non-hydrogen) atoms. The lowest BCUT2D eigenvalue weighted by molar-refractivity contribution is 0.544. The molecule has 1 unspecified atom stereocenters. The van der Waals surface area contributed by atoms with Gasteiger partial charge in [0.05, 0.1) is 6.04 Å². The quantitative estimate of drug-likeness (QED) is 0.667. The molecule has 0 aliphatic rings. The predicted molar refractivity (Wildman–Crippen MR) is 74.3 cm³/mol. The largest absolute Gasteiger partial charge is 0.271 e. The maximum absolute atomic E-state index is 13.1. The molecule has 0 spiro atoms. The Bertz CT molecular complexity index is 575. The van der Waals surface area contributed by atoms with Gasteiger partial charge in [0.1, 0.15) is 11.6 Å². The van der Waals surface area contributed by atoms with Crippen molar-refractivity contribution in [2.45, 2.75) is 12.5 Å². The van der Waals surface area contributed by atoms with Gasteiger partial charge in [-0.15, -0.1) is 0 Å². The second-order valence-corrected chi connectivity index (χ2v) is 5.07. The second-order valence-electron chi connectivity index (χ2n) is 4.22. The van der Waals surface area contributed by atoms with E-state index in [4.69, 9.17) is 5.84 Å². The van der Waals surface area contributed by atoms with E-state index in [0.717, 1.165) is 11.1 Å². The van der Waals surface area contributed by atoms with Crippen LogP contribution in [-0.2, 0) is 6.42 Å². The number of rotatable bonds is 4. The molecule has 5 heteroatoms. The van der Waals surface area contributed by atoms with Crippen LogP contribution in [0.4, 0.5) is 8.78 Å². The van der Waals surface area contributed by atoms with Crippen molar-refractivity contribution in [2.24, 2.45) is 5.84 Å². The Kier molecular flexibility index (Phi) is 4.63. The summed E-state index contributed by atoms with van der Waals surface area (Å²) in [5, 5.41) is 0. The van der Waals surface area contributed by atoms with Crippen LogP contribution in [0.5, 0.6) is 0 Å². The molecule has 0 radical (unpaired) electrons. The van der Waals surface area contributed by atoms with E-state index in [1.54, 1.807) is 12.1 Å². The molecule has 100 valence electrons. The smallest absolute Gasteiger partial charge is 0.124 e. The summed E-state index contributed by atoms with van der Waals surface area (Å²) in [5.41, 5.74) is 4.32. The zero-order valence-corrected chi connectivity index (χ0v) is 11.6. The van der Waals surface area contributed by atoms with Gasteiger partial charge >= 0.3 is 0 Å². The third-order valence-electron chi connectivity index (χ3n) is 2.87. The van der Waals surface area contributed by atoms with Crippen molar-refractivity contribution in [3.8, 4) is 0 Å². The van der Waals surface area contributed by atoms with Gasteiger partial charge in [0.15, 0.2) is 0 Å². The first-order chi connectivity index (χ1) is 9.10. The molecule has 0 bridgehead atoms. The molecule has 0 saturated carbocycles. The van der Waals surface area contributed by atoms with E-state index in [-0.39, 0.29) is 17.7 Å². The standard InChI is InChI=1S/C14H13BrF2N2/c15-13-8-11(17)4-5-12(13)14(19-18)7-9-2-1-3-10(16)6-9/h1-6,8,14,19H,7,18H2. The van der Waals surface area contributed by atoms with E-state index >= 15 is 0 Å². The number of benzene rings is 2. The van der Waals surface area contributed by atoms with Crippen molar-refractivity contribution in [1.29, 1.82) is 0 Å². The lowest BCUT2D eigenvalue weighted by Gasteiger charge is -2.18. The van der Waals surface area contributed by atoms with Crippen molar-refractivity contribution < 1.29 is 8.78 Å². The highest BCUT2D eigenvalue weighted by atomic mass is 79.9. The average Bonchev–Trinajstić information content (AvgIpc) is 2.37. The Morgan fingerprint density at radius 1 is 1.11 bits per heavy atom. The van der Waals surface area contributed by atoms with E-state index in [1.165, 1.54) is 24.3 Å². The van der Waals surface area contributed by atoms with Gasteiger partial charge in [-0.25, -0.2) is 8.78 Å². The summed E-state index contributed by atoms with van der Waals surface area (Å²) in [6, 6.07) is 10.5. The Hall–Kier alpha value is -1.30. The first-order valence-corrected chi connectivity index (χ1v) is 6.55. The predicted octanol–water partition coefficient (Wildman–Crippen LogP) is 3.47. The Morgan fingerprint density at radius 3 is 2.47 bits per heavy atom. The number of hydrogen-bond donors (Lipinski definition) is 2. The number of nitrogens with two attached hydrogens (primary N) is 1. The van der Waals surface area contributed by atoms with Crippen LogP contribution >= 0.6 is 15.9 Å². The third-order valence-corrected chi connectivity index (χ3v) is 3.55. The molecule has 1 atom stereocenters. The van der Waals surface area contributed by atoms with Crippen molar-refractivity contribution in [1.82, 2.24) is 5.43 Å². The van der Waals surface area contributed by atoms with Gasteiger partial charge in [-0.3, -0.25) is 11.3 Å². The average molecular weight is 327 g/mol. The molecule has 3 N–H and O–H groups in total. The fraction of sp³-hybridized carbons (Fsp3) is 0.143. The third kappa shape index (κ3) is 3.59. The molecule has 2 aromatic rings. The summed E-state index contributed by atoms with van der Waals surface area (Å²) in [6.07, 6.45) is 0.512. The Balaban J connectivity index is 2.25.